The minimum atomic E-state index is -0.432. The molecule has 2 N–H and O–H groups in total. The van der Waals surface area contributed by atoms with Crippen LogP contribution in [-0.2, 0) is 4.79 Å². The third-order valence-corrected chi connectivity index (χ3v) is 3.89. The summed E-state index contributed by atoms with van der Waals surface area (Å²) in [6.45, 7) is 1.92. The Morgan fingerprint density at radius 2 is 1.77 bits per heavy atom. The van der Waals surface area contributed by atoms with Gasteiger partial charge in [0, 0.05) is 17.5 Å². The first-order valence-corrected chi connectivity index (χ1v) is 8.39. The van der Waals surface area contributed by atoms with E-state index in [9.17, 15) is 9.59 Å². The SMILES string of the molecule is CCCC(=O)Nc1c(C(=O)Nc2ccc(OC)cc2)oc2ccccc12. The van der Waals surface area contributed by atoms with Crippen molar-refractivity contribution in [1.29, 1.82) is 0 Å². The Morgan fingerprint density at radius 1 is 1.04 bits per heavy atom. The largest absolute Gasteiger partial charge is 0.497 e. The van der Waals surface area contributed by atoms with E-state index in [4.69, 9.17) is 9.15 Å². The van der Waals surface area contributed by atoms with Crippen LogP contribution >= 0.6 is 0 Å². The second-order valence-electron chi connectivity index (χ2n) is 5.78. The zero-order chi connectivity index (χ0) is 18.5. The van der Waals surface area contributed by atoms with Gasteiger partial charge in [-0.3, -0.25) is 9.59 Å². The summed E-state index contributed by atoms with van der Waals surface area (Å²) in [5.41, 5.74) is 1.53. The molecule has 26 heavy (non-hydrogen) atoms. The van der Waals surface area contributed by atoms with Gasteiger partial charge in [0.2, 0.25) is 11.7 Å². The number of nitrogens with one attached hydrogen (secondary N) is 2. The van der Waals surface area contributed by atoms with Crippen LogP contribution in [-0.4, -0.2) is 18.9 Å². The van der Waals surface area contributed by atoms with Gasteiger partial charge in [0.1, 0.15) is 17.0 Å². The van der Waals surface area contributed by atoms with Crippen molar-refractivity contribution in [3.8, 4) is 5.75 Å². The first-order chi connectivity index (χ1) is 12.6. The van der Waals surface area contributed by atoms with Crippen molar-refractivity contribution >= 4 is 34.2 Å². The van der Waals surface area contributed by atoms with Crippen molar-refractivity contribution < 1.29 is 18.7 Å². The third kappa shape index (κ3) is 3.69. The molecule has 0 fully saturated rings. The van der Waals surface area contributed by atoms with E-state index < -0.39 is 5.91 Å². The number of carbonyl (C=O) groups excluding carboxylic acids is 2. The summed E-state index contributed by atoms with van der Waals surface area (Å²) in [6, 6.07) is 14.2. The third-order valence-electron chi connectivity index (χ3n) is 3.89. The van der Waals surface area contributed by atoms with Crippen LogP contribution in [0.2, 0.25) is 0 Å². The van der Waals surface area contributed by atoms with Gasteiger partial charge in [-0.25, -0.2) is 0 Å². The van der Waals surface area contributed by atoms with Gasteiger partial charge < -0.3 is 19.8 Å². The Bertz CT molecular complexity index is 929. The van der Waals surface area contributed by atoms with Crippen LogP contribution in [0.4, 0.5) is 11.4 Å². The van der Waals surface area contributed by atoms with Crippen LogP contribution in [0.1, 0.15) is 30.3 Å². The molecule has 0 saturated heterocycles. The van der Waals surface area contributed by atoms with Crippen LogP contribution in [0.25, 0.3) is 11.0 Å². The fraction of sp³-hybridized carbons (Fsp3) is 0.200. The number of para-hydroxylation sites is 1. The van der Waals surface area contributed by atoms with Crippen molar-refractivity contribution in [3.05, 3.63) is 54.3 Å². The quantitative estimate of drug-likeness (QED) is 0.687. The lowest BCUT2D eigenvalue weighted by Gasteiger charge is -2.07. The van der Waals surface area contributed by atoms with Crippen molar-refractivity contribution in [2.24, 2.45) is 0 Å². The molecule has 0 aliphatic heterocycles. The highest BCUT2D eigenvalue weighted by Gasteiger charge is 2.22. The number of fused-ring (bicyclic) bond motifs is 1. The lowest BCUT2D eigenvalue weighted by atomic mass is 10.2. The molecule has 6 heteroatoms. The summed E-state index contributed by atoms with van der Waals surface area (Å²) in [5.74, 6) is 0.182. The van der Waals surface area contributed by atoms with E-state index in [2.05, 4.69) is 10.6 Å². The van der Waals surface area contributed by atoms with Gasteiger partial charge >= 0.3 is 0 Å². The molecule has 2 aromatic carbocycles. The minimum Gasteiger partial charge on any atom is -0.497 e. The molecule has 3 rings (SSSR count). The van der Waals surface area contributed by atoms with E-state index in [-0.39, 0.29) is 11.7 Å². The van der Waals surface area contributed by atoms with E-state index in [0.29, 0.717) is 34.5 Å². The van der Waals surface area contributed by atoms with E-state index in [0.717, 1.165) is 6.42 Å². The van der Waals surface area contributed by atoms with E-state index in [1.807, 2.05) is 25.1 Å². The zero-order valence-electron chi connectivity index (χ0n) is 14.7. The number of rotatable bonds is 6. The summed E-state index contributed by atoms with van der Waals surface area (Å²) < 4.78 is 10.8. The first kappa shape index (κ1) is 17.5. The van der Waals surface area contributed by atoms with Gasteiger partial charge in [-0.2, -0.15) is 0 Å². The number of amides is 2. The predicted octanol–water partition coefficient (Wildman–Crippen LogP) is 4.43. The average molecular weight is 352 g/mol. The lowest BCUT2D eigenvalue weighted by Crippen LogP contribution is -2.16. The van der Waals surface area contributed by atoms with Gasteiger partial charge in [0.15, 0.2) is 0 Å². The molecule has 0 radical (unpaired) electrons. The van der Waals surface area contributed by atoms with Gasteiger partial charge in [-0.05, 0) is 42.8 Å². The Kier molecular flexibility index (Phi) is 5.22. The molecule has 134 valence electrons. The number of ether oxygens (including phenoxy) is 1. The predicted molar refractivity (Wildman–Crippen MR) is 101 cm³/mol. The molecule has 0 bridgehead atoms. The standard InChI is InChI=1S/C20H20N2O4/c1-3-6-17(23)22-18-15-7-4-5-8-16(15)26-19(18)20(24)21-13-9-11-14(25-2)12-10-13/h4-5,7-12H,3,6H2,1-2H3,(H,21,24)(H,22,23). The number of carbonyl (C=O) groups is 2. The second-order valence-corrected chi connectivity index (χ2v) is 5.78. The summed E-state index contributed by atoms with van der Waals surface area (Å²) in [6.07, 6.45) is 1.09. The number of furan rings is 1. The highest BCUT2D eigenvalue weighted by atomic mass is 16.5. The van der Waals surface area contributed by atoms with Crippen LogP contribution < -0.4 is 15.4 Å². The van der Waals surface area contributed by atoms with Crippen molar-refractivity contribution in [3.63, 3.8) is 0 Å². The molecule has 1 heterocycles. The van der Waals surface area contributed by atoms with Gasteiger partial charge in [-0.1, -0.05) is 19.1 Å². The summed E-state index contributed by atoms with van der Waals surface area (Å²) in [7, 11) is 1.58. The average Bonchev–Trinajstić information content (AvgIpc) is 3.01. The van der Waals surface area contributed by atoms with Gasteiger partial charge in [0.25, 0.3) is 5.91 Å². The van der Waals surface area contributed by atoms with Crippen molar-refractivity contribution in [2.45, 2.75) is 19.8 Å². The Labute approximate surface area is 151 Å². The van der Waals surface area contributed by atoms with Crippen molar-refractivity contribution in [2.75, 3.05) is 17.7 Å². The highest BCUT2D eigenvalue weighted by molar-refractivity contribution is 6.14. The maximum absolute atomic E-state index is 12.7. The Morgan fingerprint density at radius 3 is 2.46 bits per heavy atom. The molecule has 0 atom stereocenters. The molecule has 2 amide bonds. The normalized spacial score (nSPS) is 10.5. The molecule has 0 aliphatic rings. The number of anilines is 2. The minimum absolute atomic E-state index is 0.0754. The molecule has 3 aromatic rings. The van der Waals surface area contributed by atoms with E-state index in [1.165, 1.54) is 0 Å². The zero-order valence-corrected chi connectivity index (χ0v) is 14.7. The fourth-order valence-corrected chi connectivity index (χ4v) is 2.62. The first-order valence-electron chi connectivity index (χ1n) is 8.39. The van der Waals surface area contributed by atoms with Gasteiger partial charge in [0.05, 0.1) is 7.11 Å². The second kappa shape index (κ2) is 7.74. The molecular weight excluding hydrogens is 332 g/mol. The smallest absolute Gasteiger partial charge is 0.293 e. The molecule has 0 spiro atoms. The molecular formula is C20H20N2O4. The number of hydrogen-bond acceptors (Lipinski definition) is 4. The topological polar surface area (TPSA) is 80.6 Å². The summed E-state index contributed by atoms with van der Waals surface area (Å²) in [5, 5.41) is 6.27. The monoisotopic (exact) mass is 352 g/mol. The van der Waals surface area contributed by atoms with Crippen LogP contribution in [0, 0.1) is 0 Å². The number of benzene rings is 2. The molecule has 0 unspecified atom stereocenters. The maximum atomic E-state index is 12.7. The molecule has 0 saturated carbocycles. The molecule has 0 aliphatic carbocycles. The lowest BCUT2D eigenvalue weighted by molar-refractivity contribution is -0.116. The van der Waals surface area contributed by atoms with Gasteiger partial charge in [-0.15, -0.1) is 0 Å². The van der Waals surface area contributed by atoms with E-state index >= 15 is 0 Å². The molecule has 6 nitrogen and oxygen atoms in total. The Balaban J connectivity index is 1.91. The Hall–Kier alpha value is -3.28. The highest BCUT2D eigenvalue weighted by Crippen LogP contribution is 2.31. The van der Waals surface area contributed by atoms with Crippen LogP contribution in [0.5, 0.6) is 5.75 Å². The van der Waals surface area contributed by atoms with E-state index in [1.54, 1.807) is 37.4 Å². The number of methoxy groups -OCH3 is 1. The number of hydrogen-bond donors (Lipinski definition) is 2. The van der Waals surface area contributed by atoms with Crippen molar-refractivity contribution in [1.82, 2.24) is 0 Å². The van der Waals surface area contributed by atoms with Crippen LogP contribution in [0.3, 0.4) is 0 Å². The molecule has 1 aromatic heterocycles. The van der Waals surface area contributed by atoms with Crippen LogP contribution in [0.15, 0.2) is 52.9 Å². The fourth-order valence-electron chi connectivity index (χ4n) is 2.62. The summed E-state index contributed by atoms with van der Waals surface area (Å²) in [4.78, 5) is 24.8. The summed E-state index contributed by atoms with van der Waals surface area (Å²) >= 11 is 0. The maximum Gasteiger partial charge on any atom is 0.293 e.